The molecule has 1 N–H and O–H groups in total. The van der Waals surface area contributed by atoms with Crippen molar-refractivity contribution < 1.29 is 17.6 Å². The lowest BCUT2D eigenvalue weighted by Crippen LogP contribution is -2.33. The number of anilines is 1. The van der Waals surface area contributed by atoms with Crippen molar-refractivity contribution in [2.75, 3.05) is 11.4 Å². The number of fused-ring (bicyclic) bond motifs is 2. The average molecular weight is 439 g/mol. The molecule has 0 atom stereocenters. The molecule has 1 fully saturated rings. The van der Waals surface area contributed by atoms with E-state index in [2.05, 4.69) is 4.72 Å². The van der Waals surface area contributed by atoms with Gasteiger partial charge in [-0.05, 0) is 55.2 Å². The zero-order valence-electron chi connectivity index (χ0n) is 16.8. The molecule has 7 nitrogen and oxygen atoms in total. The van der Waals surface area contributed by atoms with Crippen molar-refractivity contribution in [3.05, 3.63) is 70.1 Å². The van der Waals surface area contributed by atoms with Gasteiger partial charge in [0, 0.05) is 23.7 Å². The summed E-state index contributed by atoms with van der Waals surface area (Å²) >= 11 is 0. The molecule has 2 aromatic carbocycles. The van der Waals surface area contributed by atoms with E-state index in [0.717, 1.165) is 31.2 Å². The molecule has 0 saturated heterocycles. The molecule has 1 aliphatic carbocycles. The zero-order chi connectivity index (χ0) is 21.6. The van der Waals surface area contributed by atoms with Gasteiger partial charge in [0.1, 0.15) is 11.1 Å². The molecule has 160 valence electrons. The molecule has 2 heterocycles. The van der Waals surface area contributed by atoms with Crippen molar-refractivity contribution in [3.8, 4) is 0 Å². The fourth-order valence-electron chi connectivity index (χ4n) is 4.44. The van der Waals surface area contributed by atoms with Gasteiger partial charge in [-0.15, -0.1) is 0 Å². The fraction of sp³-hybridized carbons (Fsp3) is 0.304. The van der Waals surface area contributed by atoms with Gasteiger partial charge in [0.25, 0.3) is 5.91 Å². The number of benzene rings is 2. The molecule has 8 heteroatoms. The summed E-state index contributed by atoms with van der Waals surface area (Å²) in [6.07, 6.45) is 4.32. The molecule has 2 aliphatic rings. The third-order valence-corrected chi connectivity index (χ3v) is 7.57. The number of sulfonamides is 1. The molecule has 1 amide bonds. The van der Waals surface area contributed by atoms with E-state index < -0.39 is 21.6 Å². The van der Waals surface area contributed by atoms with E-state index in [1.54, 1.807) is 36.4 Å². The van der Waals surface area contributed by atoms with Crippen LogP contribution in [-0.4, -0.2) is 26.9 Å². The van der Waals surface area contributed by atoms with Gasteiger partial charge in [-0.2, -0.15) is 0 Å². The summed E-state index contributed by atoms with van der Waals surface area (Å²) in [6, 6.07) is 13.4. The maximum Gasteiger partial charge on any atom is 0.349 e. The highest BCUT2D eigenvalue weighted by Gasteiger charge is 2.30. The fourth-order valence-corrected chi connectivity index (χ4v) is 5.80. The Hall–Kier alpha value is -2.97. The second-order valence-corrected chi connectivity index (χ2v) is 9.80. The largest absolute Gasteiger partial charge is 0.422 e. The van der Waals surface area contributed by atoms with Crippen LogP contribution in [0.5, 0.6) is 0 Å². The number of carbonyl (C=O) groups is 1. The van der Waals surface area contributed by atoms with Crippen LogP contribution in [0.2, 0.25) is 0 Å². The summed E-state index contributed by atoms with van der Waals surface area (Å²) in [5, 5.41) is 0.671. The Kier molecular flexibility index (Phi) is 4.91. The topological polar surface area (TPSA) is 96.7 Å². The van der Waals surface area contributed by atoms with E-state index in [4.69, 9.17) is 4.42 Å². The number of nitrogens with zero attached hydrogens (tertiary/aromatic N) is 1. The predicted octanol–water partition coefficient (Wildman–Crippen LogP) is 3.22. The monoisotopic (exact) mass is 438 g/mol. The van der Waals surface area contributed by atoms with Gasteiger partial charge in [0.15, 0.2) is 0 Å². The Balaban J connectivity index is 1.44. The molecule has 0 unspecified atom stereocenters. The van der Waals surface area contributed by atoms with Crippen molar-refractivity contribution in [1.29, 1.82) is 0 Å². The lowest BCUT2D eigenvalue weighted by Gasteiger charge is -2.18. The minimum absolute atomic E-state index is 0.0107. The Morgan fingerprint density at radius 1 is 1.06 bits per heavy atom. The Morgan fingerprint density at radius 2 is 1.84 bits per heavy atom. The van der Waals surface area contributed by atoms with E-state index in [1.165, 1.54) is 11.0 Å². The van der Waals surface area contributed by atoms with Crippen LogP contribution in [0, 0.1) is 0 Å². The van der Waals surface area contributed by atoms with E-state index in [9.17, 15) is 18.0 Å². The Labute approximate surface area is 179 Å². The highest BCUT2D eigenvalue weighted by molar-refractivity contribution is 7.89. The van der Waals surface area contributed by atoms with Crippen LogP contribution < -0.4 is 15.2 Å². The molecule has 3 aromatic rings. The van der Waals surface area contributed by atoms with Gasteiger partial charge in [-0.25, -0.2) is 17.9 Å². The SMILES string of the molecule is O=C(c1cc2ccccc2oc1=O)N1CCc2cc(S(=O)(=O)NC3CCCC3)ccc21. The van der Waals surface area contributed by atoms with E-state index in [1.807, 2.05) is 6.07 Å². The molecule has 1 saturated carbocycles. The molecular weight excluding hydrogens is 416 g/mol. The summed E-state index contributed by atoms with van der Waals surface area (Å²) in [5.74, 6) is -0.446. The first-order valence-corrected chi connectivity index (χ1v) is 11.9. The quantitative estimate of drug-likeness (QED) is 0.631. The van der Waals surface area contributed by atoms with Crippen molar-refractivity contribution >= 4 is 32.6 Å². The minimum atomic E-state index is -3.60. The normalized spacial score (nSPS) is 16.7. The lowest BCUT2D eigenvalue weighted by atomic mass is 10.1. The highest BCUT2D eigenvalue weighted by Crippen LogP contribution is 2.32. The number of nitrogens with one attached hydrogen (secondary N) is 1. The Morgan fingerprint density at radius 3 is 2.65 bits per heavy atom. The summed E-state index contributed by atoms with van der Waals surface area (Å²) < 4.78 is 33.6. The molecule has 0 spiro atoms. The van der Waals surface area contributed by atoms with Crippen LogP contribution in [0.1, 0.15) is 41.6 Å². The molecule has 0 bridgehead atoms. The molecule has 1 aliphatic heterocycles. The van der Waals surface area contributed by atoms with Crippen LogP contribution in [0.3, 0.4) is 0 Å². The predicted molar refractivity (Wildman–Crippen MR) is 117 cm³/mol. The van der Waals surface area contributed by atoms with Crippen LogP contribution in [-0.2, 0) is 16.4 Å². The third kappa shape index (κ3) is 3.66. The number of carbonyl (C=O) groups excluding carboxylic acids is 1. The van der Waals surface area contributed by atoms with Crippen LogP contribution in [0.4, 0.5) is 5.69 Å². The van der Waals surface area contributed by atoms with Crippen LogP contribution in [0.15, 0.2) is 62.6 Å². The number of amides is 1. The molecule has 31 heavy (non-hydrogen) atoms. The number of para-hydroxylation sites is 1. The van der Waals surface area contributed by atoms with Crippen molar-refractivity contribution in [2.24, 2.45) is 0 Å². The second-order valence-electron chi connectivity index (χ2n) is 8.09. The first kappa shape index (κ1) is 20.0. The van der Waals surface area contributed by atoms with Gasteiger partial charge in [0.05, 0.1) is 4.90 Å². The minimum Gasteiger partial charge on any atom is -0.422 e. The number of hydrogen-bond donors (Lipinski definition) is 1. The van der Waals surface area contributed by atoms with E-state index in [0.29, 0.717) is 29.6 Å². The highest BCUT2D eigenvalue weighted by atomic mass is 32.2. The van der Waals surface area contributed by atoms with E-state index in [-0.39, 0.29) is 16.5 Å². The lowest BCUT2D eigenvalue weighted by molar-refractivity contribution is 0.0986. The second kappa shape index (κ2) is 7.62. The Bertz CT molecular complexity index is 1340. The first-order valence-electron chi connectivity index (χ1n) is 10.4. The van der Waals surface area contributed by atoms with Gasteiger partial charge in [0.2, 0.25) is 10.0 Å². The number of hydrogen-bond acceptors (Lipinski definition) is 5. The number of rotatable bonds is 4. The van der Waals surface area contributed by atoms with Crippen molar-refractivity contribution in [3.63, 3.8) is 0 Å². The van der Waals surface area contributed by atoms with Crippen molar-refractivity contribution in [2.45, 2.75) is 43.0 Å². The standard InChI is InChI=1S/C23H22N2O5S/c26-22(19-14-16-5-1-4-8-21(16)30-23(19)27)25-12-11-15-13-18(9-10-20(15)25)31(28,29)24-17-6-2-3-7-17/h1,4-5,8-10,13-14,17,24H,2-3,6-7,11-12H2. The summed E-state index contributed by atoms with van der Waals surface area (Å²) in [6.45, 7) is 0.375. The smallest absolute Gasteiger partial charge is 0.349 e. The van der Waals surface area contributed by atoms with Gasteiger partial charge in [-0.3, -0.25) is 4.79 Å². The average Bonchev–Trinajstić information content (AvgIpc) is 3.41. The molecule has 0 radical (unpaired) electrons. The molecule has 5 rings (SSSR count). The summed E-state index contributed by atoms with van der Waals surface area (Å²) in [4.78, 5) is 27.2. The zero-order valence-corrected chi connectivity index (χ0v) is 17.7. The van der Waals surface area contributed by atoms with Crippen LogP contribution >= 0.6 is 0 Å². The van der Waals surface area contributed by atoms with Crippen molar-refractivity contribution in [1.82, 2.24) is 4.72 Å². The third-order valence-electron chi connectivity index (χ3n) is 6.05. The maximum atomic E-state index is 13.1. The first-order chi connectivity index (χ1) is 14.9. The summed E-state index contributed by atoms with van der Waals surface area (Å²) in [7, 11) is -3.60. The van der Waals surface area contributed by atoms with E-state index >= 15 is 0 Å². The van der Waals surface area contributed by atoms with Gasteiger partial charge >= 0.3 is 5.63 Å². The van der Waals surface area contributed by atoms with Gasteiger partial charge in [-0.1, -0.05) is 31.0 Å². The summed E-state index contributed by atoms with van der Waals surface area (Å²) in [5.41, 5.74) is 1.10. The maximum absolute atomic E-state index is 13.1. The molecular formula is C23H22N2O5S. The molecule has 1 aromatic heterocycles. The van der Waals surface area contributed by atoms with Gasteiger partial charge < -0.3 is 9.32 Å². The van der Waals surface area contributed by atoms with Crippen LogP contribution in [0.25, 0.3) is 11.0 Å².